The number of nitrogens with zero attached hydrogens (tertiary/aromatic N) is 2. The summed E-state index contributed by atoms with van der Waals surface area (Å²) in [7, 11) is 3.62. The van der Waals surface area contributed by atoms with Crippen LogP contribution in [0.1, 0.15) is 36.4 Å². The molecule has 0 bridgehead atoms. The number of amides is 2. The molecule has 0 spiro atoms. The fourth-order valence-electron chi connectivity index (χ4n) is 4.75. The topological polar surface area (TPSA) is 73.9 Å². The van der Waals surface area contributed by atoms with Crippen molar-refractivity contribution in [1.82, 2.24) is 10.2 Å². The summed E-state index contributed by atoms with van der Waals surface area (Å²) in [5, 5.41) is 5.89. The van der Waals surface area contributed by atoms with Crippen LogP contribution in [0, 0.1) is 0 Å². The molecule has 8 heteroatoms. The zero-order valence-electron chi connectivity index (χ0n) is 19.2. The molecule has 2 aromatic rings. The lowest BCUT2D eigenvalue weighted by atomic mass is 9.96. The first-order valence-electron chi connectivity index (χ1n) is 11.5. The second-order valence-electron chi connectivity index (χ2n) is 8.68. The molecule has 1 fully saturated rings. The number of rotatable bonds is 6. The molecular weight excluding hydrogens is 440 g/mol. The van der Waals surface area contributed by atoms with Gasteiger partial charge < -0.3 is 20.3 Å². The van der Waals surface area contributed by atoms with E-state index in [9.17, 15) is 9.59 Å². The molecule has 0 aromatic heterocycles. The Morgan fingerprint density at radius 1 is 1.06 bits per heavy atom. The van der Waals surface area contributed by atoms with Crippen molar-refractivity contribution in [2.24, 2.45) is 0 Å². The van der Waals surface area contributed by atoms with E-state index in [1.165, 1.54) is 23.9 Å². The first-order chi connectivity index (χ1) is 16.0. The maximum Gasteiger partial charge on any atom is 0.313 e. The number of ether oxygens (including phenoxy) is 1. The molecule has 1 saturated heterocycles. The quantitative estimate of drug-likeness (QED) is 0.631. The summed E-state index contributed by atoms with van der Waals surface area (Å²) in [5.74, 6) is -0.990. The van der Waals surface area contributed by atoms with Crippen LogP contribution in [0.15, 0.2) is 36.4 Å². The number of likely N-dealkylation sites (tertiary alicyclic amines) is 1. The molecule has 4 rings (SSSR count). The minimum atomic E-state index is -0.747. The molecule has 7 nitrogen and oxygen atoms in total. The predicted octanol–water partition coefficient (Wildman–Crippen LogP) is 3.62. The third-order valence-electron chi connectivity index (χ3n) is 6.49. The van der Waals surface area contributed by atoms with E-state index in [-0.39, 0.29) is 6.04 Å². The maximum atomic E-state index is 12.6. The van der Waals surface area contributed by atoms with Crippen molar-refractivity contribution in [2.75, 3.05) is 50.6 Å². The van der Waals surface area contributed by atoms with Gasteiger partial charge >= 0.3 is 11.8 Å². The monoisotopic (exact) mass is 470 g/mol. The maximum absolute atomic E-state index is 12.6. The van der Waals surface area contributed by atoms with E-state index in [4.69, 9.17) is 16.3 Å². The zero-order valence-corrected chi connectivity index (χ0v) is 20.0. The van der Waals surface area contributed by atoms with Crippen molar-refractivity contribution in [3.05, 3.63) is 52.5 Å². The summed E-state index contributed by atoms with van der Waals surface area (Å²) in [6, 6.07) is 11.5. The van der Waals surface area contributed by atoms with Gasteiger partial charge in [-0.15, -0.1) is 0 Å². The average Bonchev–Trinajstić information content (AvgIpc) is 3.34. The summed E-state index contributed by atoms with van der Waals surface area (Å²) >= 11 is 6.02. The molecule has 0 radical (unpaired) electrons. The number of carbonyl (C=O) groups excluding carboxylic acids is 2. The van der Waals surface area contributed by atoms with Gasteiger partial charge in [-0.3, -0.25) is 14.5 Å². The van der Waals surface area contributed by atoms with Gasteiger partial charge in [-0.25, -0.2) is 0 Å². The van der Waals surface area contributed by atoms with Crippen LogP contribution in [0.3, 0.4) is 0 Å². The highest BCUT2D eigenvalue weighted by molar-refractivity contribution is 6.40. The molecule has 1 atom stereocenters. The van der Waals surface area contributed by atoms with Crippen molar-refractivity contribution < 1.29 is 14.3 Å². The molecule has 176 valence electrons. The minimum Gasteiger partial charge on any atom is -0.495 e. The number of anilines is 2. The Morgan fingerprint density at radius 2 is 1.85 bits per heavy atom. The Bertz CT molecular complexity index is 1020. The SMILES string of the molecule is COc1ccc(Cl)cc1NC(=O)C(=O)NC[C@@H](c1ccc2c(c1)CCCN2C)N1CCCC1. The summed E-state index contributed by atoms with van der Waals surface area (Å²) in [6.07, 6.45) is 4.50. The number of nitrogens with one attached hydrogen (secondary N) is 2. The first kappa shape index (κ1) is 23.4. The second-order valence-corrected chi connectivity index (χ2v) is 9.12. The molecule has 2 aromatic carbocycles. The third kappa shape index (κ3) is 5.42. The number of halogens is 1. The van der Waals surface area contributed by atoms with Crippen molar-refractivity contribution in [3.8, 4) is 5.75 Å². The Hall–Kier alpha value is -2.77. The van der Waals surface area contributed by atoms with E-state index < -0.39 is 11.8 Å². The number of hydrogen-bond donors (Lipinski definition) is 2. The van der Waals surface area contributed by atoms with Gasteiger partial charge in [0.25, 0.3) is 0 Å². The highest BCUT2D eigenvalue weighted by Crippen LogP contribution is 2.32. The second kappa shape index (κ2) is 10.4. The molecule has 33 heavy (non-hydrogen) atoms. The third-order valence-corrected chi connectivity index (χ3v) is 6.73. The van der Waals surface area contributed by atoms with Gasteiger partial charge in [0, 0.05) is 30.8 Å². The summed E-state index contributed by atoms with van der Waals surface area (Å²) < 4.78 is 5.24. The molecule has 2 aliphatic rings. The van der Waals surface area contributed by atoms with E-state index in [0.29, 0.717) is 23.0 Å². The minimum absolute atomic E-state index is 0.0301. The van der Waals surface area contributed by atoms with Crippen LogP contribution in [0.5, 0.6) is 5.75 Å². The van der Waals surface area contributed by atoms with Crippen LogP contribution in [0.2, 0.25) is 5.02 Å². The molecule has 0 unspecified atom stereocenters. The molecule has 0 aliphatic carbocycles. The van der Waals surface area contributed by atoms with E-state index in [1.54, 1.807) is 18.2 Å². The Morgan fingerprint density at radius 3 is 2.61 bits per heavy atom. The van der Waals surface area contributed by atoms with Gasteiger partial charge in [0.1, 0.15) is 5.75 Å². The lowest BCUT2D eigenvalue weighted by Crippen LogP contribution is -2.41. The Balaban J connectivity index is 1.46. The van der Waals surface area contributed by atoms with Gasteiger partial charge in [0.05, 0.1) is 18.8 Å². The Kier molecular flexibility index (Phi) is 7.40. The van der Waals surface area contributed by atoms with Crippen LogP contribution in [0.4, 0.5) is 11.4 Å². The fraction of sp³-hybridized carbons (Fsp3) is 0.440. The predicted molar refractivity (Wildman–Crippen MR) is 131 cm³/mol. The molecule has 2 amide bonds. The van der Waals surface area contributed by atoms with E-state index in [0.717, 1.165) is 45.3 Å². The number of hydrogen-bond acceptors (Lipinski definition) is 5. The van der Waals surface area contributed by atoms with Crippen molar-refractivity contribution >= 4 is 34.8 Å². The zero-order chi connectivity index (χ0) is 23.4. The molecule has 2 N–H and O–H groups in total. The summed E-state index contributed by atoms with van der Waals surface area (Å²) in [4.78, 5) is 29.9. The highest BCUT2D eigenvalue weighted by Gasteiger charge is 2.27. The van der Waals surface area contributed by atoms with Gasteiger partial charge in [-0.2, -0.15) is 0 Å². The van der Waals surface area contributed by atoms with E-state index in [1.807, 2.05) is 0 Å². The highest BCUT2D eigenvalue weighted by atomic mass is 35.5. The fourth-order valence-corrected chi connectivity index (χ4v) is 4.92. The molecule has 0 saturated carbocycles. The van der Waals surface area contributed by atoms with Crippen LogP contribution in [0.25, 0.3) is 0 Å². The lowest BCUT2D eigenvalue weighted by molar-refractivity contribution is -0.136. The van der Waals surface area contributed by atoms with E-state index in [2.05, 4.69) is 45.7 Å². The van der Waals surface area contributed by atoms with Crippen LogP contribution >= 0.6 is 11.6 Å². The molecule has 2 heterocycles. The number of benzene rings is 2. The average molecular weight is 471 g/mol. The Labute approximate surface area is 200 Å². The van der Waals surface area contributed by atoms with Gasteiger partial charge in [-0.05, 0) is 74.2 Å². The number of carbonyl (C=O) groups is 2. The molecular formula is C25H31ClN4O3. The number of aryl methyl sites for hydroxylation is 1. The lowest BCUT2D eigenvalue weighted by Gasteiger charge is -2.31. The van der Waals surface area contributed by atoms with Crippen LogP contribution in [-0.4, -0.2) is 57.1 Å². The van der Waals surface area contributed by atoms with Crippen LogP contribution in [-0.2, 0) is 16.0 Å². The van der Waals surface area contributed by atoms with Crippen molar-refractivity contribution in [3.63, 3.8) is 0 Å². The van der Waals surface area contributed by atoms with Crippen molar-refractivity contribution in [2.45, 2.75) is 31.7 Å². The number of fused-ring (bicyclic) bond motifs is 1. The van der Waals surface area contributed by atoms with Gasteiger partial charge in [-0.1, -0.05) is 23.7 Å². The standard InChI is InChI=1S/C25H31ClN4O3/c1-29-11-5-6-17-14-18(7-9-21(17)29)22(30-12-3-4-13-30)16-27-24(31)25(32)28-20-15-19(26)8-10-23(20)33-2/h7-10,14-15,22H,3-6,11-13,16H2,1-2H3,(H,27,31)(H,28,32)/t22-/m0/s1. The number of methoxy groups -OCH3 is 1. The van der Waals surface area contributed by atoms with Gasteiger partial charge in [0.15, 0.2) is 0 Å². The normalized spacial score (nSPS) is 16.8. The first-order valence-corrected chi connectivity index (χ1v) is 11.8. The largest absolute Gasteiger partial charge is 0.495 e. The van der Waals surface area contributed by atoms with Crippen LogP contribution < -0.4 is 20.3 Å². The summed E-state index contributed by atoms with van der Waals surface area (Å²) in [5.41, 5.74) is 4.18. The smallest absolute Gasteiger partial charge is 0.313 e. The molecule has 2 aliphatic heterocycles. The van der Waals surface area contributed by atoms with E-state index >= 15 is 0 Å². The van der Waals surface area contributed by atoms with Crippen molar-refractivity contribution in [1.29, 1.82) is 0 Å². The summed E-state index contributed by atoms with van der Waals surface area (Å²) in [6.45, 7) is 3.42. The van der Waals surface area contributed by atoms with Gasteiger partial charge in [0.2, 0.25) is 0 Å².